The van der Waals surface area contributed by atoms with Gasteiger partial charge >= 0.3 is 5.97 Å². The number of carbonyl (C=O) groups excluding carboxylic acids is 1. The molecule has 1 fully saturated rings. The minimum absolute atomic E-state index is 0.0247. The average molecular weight is 524 g/mol. The molecule has 6 rings (SSSR count). The normalized spacial score (nSPS) is 17.3. The fraction of sp³-hybridized carbons (Fsp3) is 0.188. The van der Waals surface area contributed by atoms with Crippen LogP contribution in [0.25, 0.3) is 32.8 Å². The van der Waals surface area contributed by atoms with Gasteiger partial charge in [0.15, 0.2) is 0 Å². The van der Waals surface area contributed by atoms with Crippen molar-refractivity contribution < 1.29 is 28.5 Å². The number of nitrogens with zero attached hydrogens (tertiary/aromatic N) is 1. The van der Waals surface area contributed by atoms with Crippen LogP contribution in [0, 0.1) is 12.7 Å². The lowest BCUT2D eigenvalue weighted by molar-refractivity contribution is -0.162. The second-order valence-electron chi connectivity index (χ2n) is 9.67. The first-order valence-corrected chi connectivity index (χ1v) is 12.8. The maximum absolute atomic E-state index is 14.0. The van der Waals surface area contributed by atoms with Gasteiger partial charge in [0.05, 0.1) is 23.6 Å². The van der Waals surface area contributed by atoms with Gasteiger partial charge in [-0.15, -0.1) is 0 Å². The molecule has 0 amide bonds. The SMILES string of the molecule is Cc1c(OC[C@@H]2C[C@@H](O)CC(=O)O2)c(-c2ccc(F)cc2)c(Oc2ccc3ccccc3n2)c2ccccc12. The van der Waals surface area contributed by atoms with Crippen molar-refractivity contribution in [2.45, 2.75) is 32.0 Å². The number of carbonyl (C=O) groups is 1. The van der Waals surface area contributed by atoms with Gasteiger partial charge in [0, 0.05) is 23.3 Å². The van der Waals surface area contributed by atoms with Crippen molar-refractivity contribution in [3.8, 4) is 28.5 Å². The molecule has 1 aromatic heterocycles. The molecule has 7 heteroatoms. The summed E-state index contributed by atoms with van der Waals surface area (Å²) < 4.78 is 32.3. The summed E-state index contributed by atoms with van der Waals surface area (Å²) in [5, 5.41) is 12.8. The molecule has 0 spiro atoms. The third kappa shape index (κ3) is 5.01. The topological polar surface area (TPSA) is 77.9 Å². The highest BCUT2D eigenvalue weighted by atomic mass is 19.1. The van der Waals surface area contributed by atoms with Gasteiger partial charge in [-0.2, -0.15) is 0 Å². The number of aliphatic hydroxyl groups is 1. The number of hydrogen-bond donors (Lipinski definition) is 1. The summed E-state index contributed by atoms with van der Waals surface area (Å²) in [6, 6.07) is 25.5. The van der Waals surface area contributed by atoms with E-state index in [-0.39, 0.29) is 25.3 Å². The maximum Gasteiger partial charge on any atom is 0.308 e. The summed E-state index contributed by atoms with van der Waals surface area (Å²) in [6.07, 6.45) is -1.11. The number of benzene rings is 4. The Hall–Kier alpha value is -4.49. The molecule has 1 aliphatic rings. The summed E-state index contributed by atoms with van der Waals surface area (Å²) in [4.78, 5) is 16.6. The Kier molecular flexibility index (Phi) is 6.59. The number of esters is 1. The van der Waals surface area contributed by atoms with Crippen LogP contribution in [-0.2, 0) is 9.53 Å². The molecule has 0 radical (unpaired) electrons. The lowest BCUT2D eigenvalue weighted by Gasteiger charge is -2.27. The van der Waals surface area contributed by atoms with Crippen LogP contribution in [0.4, 0.5) is 4.39 Å². The van der Waals surface area contributed by atoms with E-state index in [4.69, 9.17) is 19.2 Å². The summed E-state index contributed by atoms with van der Waals surface area (Å²) >= 11 is 0. The lowest BCUT2D eigenvalue weighted by Crippen LogP contribution is -2.36. The minimum Gasteiger partial charge on any atom is -0.489 e. The molecule has 1 saturated heterocycles. The summed E-state index contributed by atoms with van der Waals surface area (Å²) in [5.41, 5.74) is 2.97. The monoisotopic (exact) mass is 523 g/mol. The van der Waals surface area contributed by atoms with Gasteiger partial charge in [-0.3, -0.25) is 4.79 Å². The van der Waals surface area contributed by atoms with Gasteiger partial charge in [-0.05, 0) is 47.7 Å². The van der Waals surface area contributed by atoms with Crippen molar-refractivity contribution in [1.82, 2.24) is 4.98 Å². The van der Waals surface area contributed by atoms with E-state index in [1.807, 2.05) is 67.6 Å². The third-order valence-corrected chi connectivity index (χ3v) is 6.93. The molecule has 4 aromatic carbocycles. The standard InChI is InChI=1S/C32H26FNO5/c1-19-25-7-3-4-8-26(25)32(39-28-15-12-20-6-2-5-9-27(20)34-28)30(21-10-13-22(33)14-11-21)31(19)37-18-24-16-23(35)17-29(36)38-24/h2-15,23-24,35H,16-18H2,1H3/t23-,24+/m1/s1. The molecule has 5 aromatic rings. The van der Waals surface area contributed by atoms with E-state index in [1.54, 1.807) is 12.1 Å². The number of fused-ring (bicyclic) bond motifs is 2. The van der Waals surface area contributed by atoms with Crippen LogP contribution in [0.2, 0.25) is 0 Å². The molecular formula is C32H26FNO5. The van der Waals surface area contributed by atoms with Crippen molar-refractivity contribution in [2.75, 3.05) is 6.61 Å². The van der Waals surface area contributed by atoms with E-state index < -0.39 is 18.2 Å². The lowest BCUT2D eigenvalue weighted by atomic mass is 9.94. The van der Waals surface area contributed by atoms with Crippen molar-refractivity contribution in [1.29, 1.82) is 0 Å². The highest BCUT2D eigenvalue weighted by Gasteiger charge is 2.29. The van der Waals surface area contributed by atoms with Gasteiger partial charge in [-0.1, -0.05) is 54.6 Å². The molecule has 1 aliphatic heterocycles. The molecule has 2 heterocycles. The van der Waals surface area contributed by atoms with E-state index in [2.05, 4.69) is 0 Å². The van der Waals surface area contributed by atoms with Gasteiger partial charge in [0.2, 0.25) is 5.88 Å². The third-order valence-electron chi connectivity index (χ3n) is 6.93. The molecule has 6 nitrogen and oxygen atoms in total. The Morgan fingerprint density at radius 1 is 0.949 bits per heavy atom. The van der Waals surface area contributed by atoms with Gasteiger partial charge in [0.1, 0.15) is 30.0 Å². The number of aliphatic hydroxyl groups excluding tert-OH is 1. The number of ether oxygens (including phenoxy) is 3. The summed E-state index contributed by atoms with van der Waals surface area (Å²) in [6.45, 7) is 1.99. The number of hydrogen-bond acceptors (Lipinski definition) is 6. The summed E-state index contributed by atoms with van der Waals surface area (Å²) in [5.74, 6) is 0.623. The van der Waals surface area contributed by atoms with Crippen LogP contribution >= 0.6 is 0 Å². The van der Waals surface area contributed by atoms with Crippen LogP contribution < -0.4 is 9.47 Å². The number of halogens is 1. The number of rotatable bonds is 6. The second-order valence-corrected chi connectivity index (χ2v) is 9.67. The number of pyridine rings is 1. The minimum atomic E-state index is -0.771. The van der Waals surface area contributed by atoms with Crippen LogP contribution in [0.15, 0.2) is 84.9 Å². The van der Waals surface area contributed by atoms with Crippen molar-refractivity contribution in [3.05, 3.63) is 96.3 Å². The van der Waals surface area contributed by atoms with Crippen molar-refractivity contribution in [2.24, 2.45) is 0 Å². The highest BCUT2D eigenvalue weighted by Crippen LogP contribution is 2.48. The first kappa shape index (κ1) is 24.8. The van der Waals surface area contributed by atoms with E-state index >= 15 is 0 Å². The molecule has 0 aliphatic carbocycles. The van der Waals surface area contributed by atoms with Gasteiger partial charge in [-0.25, -0.2) is 9.37 Å². The number of para-hydroxylation sites is 1. The highest BCUT2D eigenvalue weighted by molar-refractivity contribution is 6.01. The molecule has 0 saturated carbocycles. The fourth-order valence-corrected chi connectivity index (χ4v) is 5.07. The fourth-order valence-electron chi connectivity index (χ4n) is 5.07. The average Bonchev–Trinajstić information content (AvgIpc) is 2.94. The Bertz CT molecular complexity index is 1680. The van der Waals surface area contributed by atoms with Crippen LogP contribution in [0.3, 0.4) is 0 Å². The zero-order valence-corrected chi connectivity index (χ0v) is 21.3. The van der Waals surface area contributed by atoms with E-state index in [0.717, 1.165) is 27.2 Å². The molecule has 0 bridgehead atoms. The number of aromatic nitrogens is 1. The van der Waals surface area contributed by atoms with Crippen molar-refractivity contribution in [3.63, 3.8) is 0 Å². The predicted octanol–water partition coefficient (Wildman–Crippen LogP) is 6.74. The quantitative estimate of drug-likeness (QED) is 0.248. The largest absolute Gasteiger partial charge is 0.489 e. The van der Waals surface area contributed by atoms with Crippen LogP contribution in [0.5, 0.6) is 17.4 Å². The van der Waals surface area contributed by atoms with E-state index in [0.29, 0.717) is 28.5 Å². The summed E-state index contributed by atoms with van der Waals surface area (Å²) in [7, 11) is 0. The molecule has 196 valence electrons. The van der Waals surface area contributed by atoms with Crippen LogP contribution in [0.1, 0.15) is 18.4 Å². The van der Waals surface area contributed by atoms with E-state index in [9.17, 15) is 14.3 Å². The van der Waals surface area contributed by atoms with Gasteiger partial charge < -0.3 is 19.3 Å². The molecule has 2 atom stereocenters. The first-order chi connectivity index (χ1) is 19.0. The molecule has 39 heavy (non-hydrogen) atoms. The zero-order chi connectivity index (χ0) is 26.9. The van der Waals surface area contributed by atoms with Gasteiger partial charge in [0.25, 0.3) is 0 Å². The van der Waals surface area contributed by atoms with Crippen LogP contribution in [-0.4, -0.2) is 34.9 Å². The number of aryl methyl sites for hydroxylation is 1. The van der Waals surface area contributed by atoms with Crippen molar-refractivity contribution >= 4 is 27.6 Å². The van der Waals surface area contributed by atoms with E-state index in [1.165, 1.54) is 12.1 Å². The smallest absolute Gasteiger partial charge is 0.308 e. The maximum atomic E-state index is 14.0. The molecular weight excluding hydrogens is 497 g/mol. The Balaban J connectivity index is 1.51. The Labute approximate surface area is 224 Å². The first-order valence-electron chi connectivity index (χ1n) is 12.8. The molecule has 0 unspecified atom stereocenters. The second kappa shape index (κ2) is 10.3. The predicted molar refractivity (Wildman–Crippen MR) is 147 cm³/mol. The Morgan fingerprint density at radius 3 is 2.49 bits per heavy atom. The Morgan fingerprint density at radius 2 is 1.69 bits per heavy atom. The zero-order valence-electron chi connectivity index (χ0n) is 21.3. The molecule has 1 N–H and O–H groups in total. The number of cyclic esters (lactones) is 1.